The van der Waals surface area contributed by atoms with Gasteiger partial charge in [0.25, 0.3) is 0 Å². The molecule has 1 heterocycles. The summed E-state index contributed by atoms with van der Waals surface area (Å²) in [4.78, 5) is 11.6. The molecule has 1 atom stereocenters. The average Bonchev–Trinajstić information content (AvgIpc) is 2.68. The van der Waals surface area contributed by atoms with Crippen molar-refractivity contribution < 1.29 is 13.9 Å². The molecule has 0 fully saturated rings. The van der Waals surface area contributed by atoms with Gasteiger partial charge < -0.3 is 14.9 Å². The highest BCUT2D eigenvalue weighted by Crippen LogP contribution is 2.30. The molecule has 1 unspecified atom stereocenters. The Balaban J connectivity index is 2.54. The molecule has 0 saturated carbocycles. The maximum atomic E-state index is 11.6. The third kappa shape index (κ3) is 1.91. The molecule has 1 aromatic heterocycles. The number of nitrogens with two attached hydrogens (primary N) is 1. The van der Waals surface area contributed by atoms with E-state index in [4.69, 9.17) is 14.9 Å². The van der Waals surface area contributed by atoms with Crippen LogP contribution in [0.15, 0.2) is 28.7 Å². The van der Waals surface area contributed by atoms with Crippen LogP contribution >= 0.6 is 0 Å². The van der Waals surface area contributed by atoms with Gasteiger partial charge in [-0.1, -0.05) is 18.2 Å². The van der Waals surface area contributed by atoms with Crippen molar-refractivity contribution in [3.05, 3.63) is 35.6 Å². The van der Waals surface area contributed by atoms with Crippen LogP contribution in [-0.4, -0.2) is 19.6 Å². The molecular weight excluding hydrogens is 218 g/mol. The van der Waals surface area contributed by atoms with Gasteiger partial charge in [0.1, 0.15) is 17.3 Å². The molecule has 0 aliphatic rings. The molecule has 2 aromatic rings. The highest BCUT2D eigenvalue weighted by atomic mass is 16.5. The fraction of sp³-hybridized carbons (Fsp3) is 0.308. The summed E-state index contributed by atoms with van der Waals surface area (Å²) in [5, 5.41) is 1.00. The zero-order chi connectivity index (χ0) is 12.4. The van der Waals surface area contributed by atoms with Gasteiger partial charge in [0.15, 0.2) is 0 Å². The molecular formula is C13H15NO3. The number of rotatable bonds is 3. The lowest BCUT2D eigenvalue weighted by Crippen LogP contribution is -2.22. The minimum Gasteiger partial charge on any atom is -0.468 e. The van der Waals surface area contributed by atoms with Crippen molar-refractivity contribution >= 4 is 16.9 Å². The number of carbonyl (C=O) groups excluding carboxylic acids is 1. The van der Waals surface area contributed by atoms with Crippen LogP contribution < -0.4 is 5.73 Å². The van der Waals surface area contributed by atoms with Crippen LogP contribution in [0.2, 0.25) is 0 Å². The Morgan fingerprint density at radius 3 is 2.76 bits per heavy atom. The molecule has 4 nitrogen and oxygen atoms in total. The van der Waals surface area contributed by atoms with Gasteiger partial charge in [-0.25, -0.2) is 0 Å². The number of hydrogen-bond donors (Lipinski definition) is 1. The van der Waals surface area contributed by atoms with Crippen molar-refractivity contribution in [1.29, 1.82) is 0 Å². The summed E-state index contributed by atoms with van der Waals surface area (Å²) in [5.41, 5.74) is 7.32. The van der Waals surface area contributed by atoms with Crippen LogP contribution in [0.25, 0.3) is 11.0 Å². The van der Waals surface area contributed by atoms with E-state index in [2.05, 4.69) is 0 Å². The second-order valence-electron chi connectivity index (χ2n) is 3.90. The van der Waals surface area contributed by atoms with E-state index in [-0.39, 0.29) is 12.5 Å². The number of esters is 1. The number of methoxy groups -OCH3 is 1. The highest BCUT2D eigenvalue weighted by molar-refractivity contribution is 5.85. The molecule has 2 N–H and O–H groups in total. The average molecular weight is 233 g/mol. The van der Waals surface area contributed by atoms with Crippen LogP contribution in [0.5, 0.6) is 0 Å². The van der Waals surface area contributed by atoms with Crippen molar-refractivity contribution in [3.8, 4) is 0 Å². The Hall–Kier alpha value is -1.81. The molecule has 0 aliphatic carbocycles. The molecule has 0 aliphatic heterocycles. The van der Waals surface area contributed by atoms with E-state index in [1.165, 1.54) is 7.11 Å². The second kappa shape index (κ2) is 4.59. The third-order valence-corrected chi connectivity index (χ3v) is 2.92. The smallest absolute Gasteiger partial charge is 0.317 e. The predicted octanol–water partition coefficient (Wildman–Crippen LogP) is 1.96. The van der Waals surface area contributed by atoms with E-state index >= 15 is 0 Å². The number of furan rings is 1. The highest BCUT2D eigenvalue weighted by Gasteiger charge is 2.26. The van der Waals surface area contributed by atoms with Gasteiger partial charge in [-0.05, 0) is 18.6 Å². The molecule has 0 amide bonds. The molecule has 90 valence electrons. The quantitative estimate of drug-likeness (QED) is 0.823. The van der Waals surface area contributed by atoms with Crippen molar-refractivity contribution in [2.24, 2.45) is 5.73 Å². The van der Waals surface area contributed by atoms with E-state index in [9.17, 15) is 4.79 Å². The number of fused-ring (bicyclic) bond motifs is 1. The Kier molecular flexibility index (Phi) is 3.15. The van der Waals surface area contributed by atoms with Gasteiger partial charge in [-0.3, -0.25) is 4.79 Å². The summed E-state index contributed by atoms with van der Waals surface area (Å²) in [6.07, 6.45) is 0. The van der Waals surface area contributed by atoms with E-state index in [0.29, 0.717) is 5.76 Å². The monoisotopic (exact) mass is 233 g/mol. The molecule has 0 saturated heterocycles. The lowest BCUT2D eigenvalue weighted by atomic mass is 10.0. The second-order valence-corrected chi connectivity index (χ2v) is 3.90. The topological polar surface area (TPSA) is 65.5 Å². The van der Waals surface area contributed by atoms with Crippen LogP contribution in [0.3, 0.4) is 0 Å². The van der Waals surface area contributed by atoms with Gasteiger partial charge in [0, 0.05) is 11.9 Å². The van der Waals surface area contributed by atoms with Crippen molar-refractivity contribution in [3.63, 3.8) is 0 Å². The van der Waals surface area contributed by atoms with Gasteiger partial charge in [0.2, 0.25) is 0 Å². The number of benzene rings is 1. The summed E-state index contributed by atoms with van der Waals surface area (Å²) >= 11 is 0. The molecule has 4 heteroatoms. The Morgan fingerprint density at radius 1 is 1.47 bits per heavy atom. The van der Waals surface area contributed by atoms with E-state index in [0.717, 1.165) is 16.5 Å². The Bertz CT molecular complexity index is 545. The zero-order valence-corrected chi connectivity index (χ0v) is 9.90. The summed E-state index contributed by atoms with van der Waals surface area (Å²) in [7, 11) is 1.35. The number of carbonyl (C=O) groups is 1. The Labute approximate surface area is 99.3 Å². The lowest BCUT2D eigenvalue weighted by Gasteiger charge is -2.10. The SMILES string of the molecule is COC(=O)C(CN)c1oc2ccccc2c1C. The predicted molar refractivity (Wildman–Crippen MR) is 64.8 cm³/mol. The van der Waals surface area contributed by atoms with Crippen molar-refractivity contribution in [2.75, 3.05) is 13.7 Å². The van der Waals surface area contributed by atoms with Gasteiger partial charge >= 0.3 is 5.97 Å². The molecule has 0 spiro atoms. The number of para-hydroxylation sites is 1. The fourth-order valence-electron chi connectivity index (χ4n) is 1.98. The standard InChI is InChI=1S/C13H15NO3/c1-8-9-5-3-4-6-11(9)17-12(8)10(7-14)13(15)16-2/h3-6,10H,7,14H2,1-2H3. The van der Waals surface area contributed by atoms with E-state index in [1.54, 1.807) is 0 Å². The number of hydrogen-bond acceptors (Lipinski definition) is 4. The summed E-state index contributed by atoms with van der Waals surface area (Å²) in [6, 6.07) is 7.66. The normalized spacial score (nSPS) is 12.6. The third-order valence-electron chi connectivity index (χ3n) is 2.92. The molecule has 1 aromatic carbocycles. The largest absolute Gasteiger partial charge is 0.468 e. The number of aryl methyl sites for hydroxylation is 1. The van der Waals surface area contributed by atoms with Gasteiger partial charge in [0.05, 0.1) is 7.11 Å². The zero-order valence-electron chi connectivity index (χ0n) is 9.90. The Morgan fingerprint density at radius 2 is 2.18 bits per heavy atom. The number of ether oxygens (including phenoxy) is 1. The van der Waals surface area contributed by atoms with Gasteiger partial charge in [-0.15, -0.1) is 0 Å². The summed E-state index contributed by atoms with van der Waals surface area (Å²) in [6.45, 7) is 2.10. The van der Waals surface area contributed by atoms with Crippen molar-refractivity contribution in [2.45, 2.75) is 12.8 Å². The fourth-order valence-corrected chi connectivity index (χ4v) is 1.98. The van der Waals surface area contributed by atoms with Crippen LogP contribution in [0.4, 0.5) is 0 Å². The minimum absolute atomic E-state index is 0.174. The van der Waals surface area contributed by atoms with Crippen LogP contribution in [0, 0.1) is 6.92 Å². The minimum atomic E-state index is -0.535. The first-order valence-electron chi connectivity index (χ1n) is 5.45. The molecule has 17 heavy (non-hydrogen) atoms. The lowest BCUT2D eigenvalue weighted by molar-refractivity contribution is -0.142. The summed E-state index contributed by atoms with van der Waals surface area (Å²) < 4.78 is 10.4. The molecule has 2 rings (SSSR count). The van der Waals surface area contributed by atoms with Crippen molar-refractivity contribution in [1.82, 2.24) is 0 Å². The van der Waals surface area contributed by atoms with Crippen LogP contribution in [0.1, 0.15) is 17.2 Å². The maximum Gasteiger partial charge on any atom is 0.317 e. The van der Waals surface area contributed by atoms with E-state index in [1.807, 2.05) is 31.2 Å². The summed E-state index contributed by atoms with van der Waals surface area (Å²) in [5.74, 6) is -0.303. The molecule has 0 radical (unpaired) electrons. The first-order valence-corrected chi connectivity index (χ1v) is 5.45. The van der Waals surface area contributed by atoms with Crippen LogP contribution in [-0.2, 0) is 9.53 Å². The first-order chi connectivity index (χ1) is 8.19. The maximum absolute atomic E-state index is 11.6. The van der Waals surface area contributed by atoms with E-state index < -0.39 is 5.92 Å². The first kappa shape index (κ1) is 11.7. The van der Waals surface area contributed by atoms with Gasteiger partial charge in [-0.2, -0.15) is 0 Å². The molecule has 0 bridgehead atoms.